The van der Waals surface area contributed by atoms with E-state index in [9.17, 15) is 9.59 Å². The van der Waals surface area contributed by atoms with Crippen LogP contribution in [0.5, 0.6) is 5.75 Å². The second-order valence-electron chi connectivity index (χ2n) is 5.73. The molecule has 0 saturated carbocycles. The minimum Gasteiger partial charge on any atom is -0.490 e. The Morgan fingerprint density at radius 3 is 2.87 bits per heavy atom. The molecular formula is C16H22N4O3. The number of amides is 3. The van der Waals surface area contributed by atoms with Crippen molar-refractivity contribution in [2.45, 2.75) is 19.4 Å². The van der Waals surface area contributed by atoms with Crippen molar-refractivity contribution < 1.29 is 14.3 Å². The smallest absolute Gasteiger partial charge is 0.315 e. The van der Waals surface area contributed by atoms with Crippen molar-refractivity contribution in [3.63, 3.8) is 0 Å². The summed E-state index contributed by atoms with van der Waals surface area (Å²) >= 11 is 0. The van der Waals surface area contributed by atoms with E-state index in [0.29, 0.717) is 13.2 Å². The molecule has 3 N–H and O–H groups in total. The number of likely N-dealkylation sites (tertiary alicyclic amines) is 1. The van der Waals surface area contributed by atoms with Gasteiger partial charge in [-0.25, -0.2) is 4.79 Å². The predicted molar refractivity (Wildman–Crippen MR) is 86.5 cm³/mol. The summed E-state index contributed by atoms with van der Waals surface area (Å²) in [6.07, 6.45) is 2.10. The summed E-state index contributed by atoms with van der Waals surface area (Å²) in [4.78, 5) is 25.4. The molecule has 1 saturated heterocycles. The Balaban J connectivity index is 1.42. The maximum Gasteiger partial charge on any atom is 0.315 e. The first-order valence-electron chi connectivity index (χ1n) is 8.01. The third kappa shape index (κ3) is 4.06. The predicted octanol–water partition coefficient (Wildman–Crippen LogP) is 0.912. The lowest BCUT2D eigenvalue weighted by Crippen LogP contribution is -2.42. The second kappa shape index (κ2) is 7.21. The van der Waals surface area contributed by atoms with E-state index in [0.717, 1.165) is 49.5 Å². The van der Waals surface area contributed by atoms with Crippen LogP contribution in [0.15, 0.2) is 18.2 Å². The van der Waals surface area contributed by atoms with Crippen LogP contribution in [0, 0.1) is 0 Å². The summed E-state index contributed by atoms with van der Waals surface area (Å²) in [5.74, 6) is 0.783. The van der Waals surface area contributed by atoms with Crippen LogP contribution >= 0.6 is 0 Å². The lowest BCUT2D eigenvalue weighted by atomic mass is 10.1. The van der Waals surface area contributed by atoms with Gasteiger partial charge in [0.25, 0.3) is 0 Å². The molecule has 1 aromatic carbocycles. The monoisotopic (exact) mass is 318 g/mol. The largest absolute Gasteiger partial charge is 0.490 e. The maximum atomic E-state index is 11.8. The van der Waals surface area contributed by atoms with Gasteiger partial charge in [-0.05, 0) is 30.5 Å². The molecule has 2 aliphatic heterocycles. The first-order valence-corrected chi connectivity index (χ1v) is 8.01. The average Bonchev–Trinajstić information content (AvgIpc) is 3.12. The van der Waals surface area contributed by atoms with E-state index in [1.54, 1.807) is 4.90 Å². The molecule has 1 aromatic rings. The van der Waals surface area contributed by atoms with Crippen molar-refractivity contribution >= 4 is 17.6 Å². The van der Waals surface area contributed by atoms with Crippen molar-refractivity contribution in [2.24, 2.45) is 0 Å². The van der Waals surface area contributed by atoms with E-state index < -0.39 is 0 Å². The van der Waals surface area contributed by atoms with Crippen LogP contribution in [0.1, 0.15) is 18.4 Å². The number of hydrogen-bond donors (Lipinski definition) is 3. The van der Waals surface area contributed by atoms with Crippen molar-refractivity contribution in [1.29, 1.82) is 0 Å². The lowest BCUT2D eigenvalue weighted by Gasteiger charge is -2.20. The minimum atomic E-state index is -0.339. The van der Waals surface area contributed by atoms with Crippen LogP contribution in [0.25, 0.3) is 0 Å². The number of anilines is 1. The van der Waals surface area contributed by atoms with E-state index in [1.165, 1.54) is 0 Å². The van der Waals surface area contributed by atoms with Gasteiger partial charge in [0.15, 0.2) is 0 Å². The molecule has 124 valence electrons. The Hall–Kier alpha value is -2.44. The number of rotatable bonds is 4. The second-order valence-corrected chi connectivity index (χ2v) is 5.73. The van der Waals surface area contributed by atoms with Gasteiger partial charge in [-0.1, -0.05) is 6.07 Å². The highest BCUT2D eigenvalue weighted by Gasteiger charge is 2.18. The van der Waals surface area contributed by atoms with Gasteiger partial charge in [0.2, 0.25) is 5.91 Å². The summed E-state index contributed by atoms with van der Waals surface area (Å²) in [7, 11) is 0. The topological polar surface area (TPSA) is 82.7 Å². The fourth-order valence-corrected chi connectivity index (χ4v) is 2.77. The Bertz CT molecular complexity index is 585. The Labute approximate surface area is 135 Å². The van der Waals surface area contributed by atoms with Crippen molar-refractivity contribution in [2.75, 3.05) is 38.1 Å². The van der Waals surface area contributed by atoms with Crippen molar-refractivity contribution in [3.05, 3.63) is 23.8 Å². The molecule has 0 atom stereocenters. The van der Waals surface area contributed by atoms with Crippen LogP contribution in [0.3, 0.4) is 0 Å². The molecule has 1 fully saturated rings. The highest BCUT2D eigenvalue weighted by Crippen LogP contribution is 2.27. The molecule has 7 nitrogen and oxygen atoms in total. The Kier molecular flexibility index (Phi) is 4.85. The normalized spacial score (nSPS) is 16.1. The standard InChI is InChI=1S/C16H22N4O3/c21-15(20-6-1-2-7-20)11-19-16(22)18-10-12-3-4-13-14(9-12)23-8-5-17-13/h3-4,9,17H,1-2,5-8,10-11H2,(H2,18,19,22). The SMILES string of the molecule is O=C(NCC(=O)N1CCCC1)NCc1ccc2c(c1)OCCN2. The molecule has 0 aromatic heterocycles. The first kappa shape index (κ1) is 15.5. The van der Waals surface area contributed by atoms with Crippen LogP contribution in [-0.4, -0.2) is 49.6 Å². The number of nitrogens with one attached hydrogen (secondary N) is 3. The molecule has 3 amide bonds. The summed E-state index contributed by atoms with van der Waals surface area (Å²) in [6, 6.07) is 5.46. The molecular weight excluding hydrogens is 296 g/mol. The highest BCUT2D eigenvalue weighted by molar-refractivity contribution is 5.84. The van der Waals surface area contributed by atoms with Crippen molar-refractivity contribution in [1.82, 2.24) is 15.5 Å². The Morgan fingerprint density at radius 1 is 1.22 bits per heavy atom. The van der Waals surface area contributed by atoms with Gasteiger partial charge in [-0.15, -0.1) is 0 Å². The van der Waals surface area contributed by atoms with Crippen LogP contribution in [0.4, 0.5) is 10.5 Å². The fourth-order valence-electron chi connectivity index (χ4n) is 2.77. The van der Waals surface area contributed by atoms with E-state index in [2.05, 4.69) is 16.0 Å². The summed E-state index contributed by atoms with van der Waals surface area (Å²) in [5, 5.41) is 8.61. The minimum absolute atomic E-state index is 0.0223. The van der Waals surface area contributed by atoms with Crippen molar-refractivity contribution in [3.8, 4) is 5.75 Å². The zero-order valence-electron chi connectivity index (χ0n) is 13.1. The number of ether oxygens (including phenoxy) is 1. The van der Waals surface area contributed by atoms with Gasteiger partial charge in [0, 0.05) is 26.2 Å². The van der Waals surface area contributed by atoms with E-state index in [-0.39, 0.29) is 18.5 Å². The van der Waals surface area contributed by atoms with Gasteiger partial charge >= 0.3 is 6.03 Å². The average molecular weight is 318 g/mol. The van der Waals surface area contributed by atoms with Gasteiger partial charge in [-0.2, -0.15) is 0 Å². The van der Waals surface area contributed by atoms with Gasteiger partial charge in [0.1, 0.15) is 12.4 Å². The molecule has 0 bridgehead atoms. The van der Waals surface area contributed by atoms with Gasteiger partial charge in [0.05, 0.1) is 12.2 Å². The number of nitrogens with zero attached hydrogens (tertiary/aromatic N) is 1. The first-order chi connectivity index (χ1) is 11.2. The fraction of sp³-hybridized carbons (Fsp3) is 0.500. The molecule has 0 unspecified atom stereocenters. The maximum absolute atomic E-state index is 11.8. The zero-order valence-corrected chi connectivity index (χ0v) is 13.1. The van der Waals surface area contributed by atoms with Gasteiger partial charge < -0.3 is 25.6 Å². The third-order valence-corrected chi connectivity index (χ3v) is 4.03. The summed E-state index contributed by atoms with van der Waals surface area (Å²) in [6.45, 7) is 3.47. The van der Waals surface area contributed by atoms with Crippen LogP contribution in [-0.2, 0) is 11.3 Å². The number of urea groups is 1. The molecule has 2 aliphatic rings. The Morgan fingerprint density at radius 2 is 2.04 bits per heavy atom. The van der Waals surface area contributed by atoms with E-state index >= 15 is 0 Å². The highest BCUT2D eigenvalue weighted by atomic mass is 16.5. The van der Waals surface area contributed by atoms with E-state index in [4.69, 9.17) is 4.74 Å². The van der Waals surface area contributed by atoms with E-state index in [1.807, 2.05) is 18.2 Å². The van der Waals surface area contributed by atoms with Gasteiger partial charge in [-0.3, -0.25) is 4.79 Å². The molecule has 2 heterocycles. The summed E-state index contributed by atoms with van der Waals surface area (Å²) < 4.78 is 5.57. The molecule has 23 heavy (non-hydrogen) atoms. The van der Waals surface area contributed by atoms with Crippen LogP contribution in [0.2, 0.25) is 0 Å². The molecule has 0 spiro atoms. The summed E-state index contributed by atoms with van der Waals surface area (Å²) in [5.41, 5.74) is 1.93. The molecule has 7 heteroatoms. The number of benzene rings is 1. The number of hydrogen-bond acceptors (Lipinski definition) is 4. The number of carbonyl (C=O) groups excluding carboxylic acids is 2. The molecule has 0 radical (unpaired) electrons. The molecule has 3 rings (SSSR count). The third-order valence-electron chi connectivity index (χ3n) is 4.03. The van der Waals surface area contributed by atoms with Crippen LogP contribution < -0.4 is 20.7 Å². The quantitative estimate of drug-likeness (QED) is 0.771. The number of carbonyl (C=O) groups is 2. The lowest BCUT2D eigenvalue weighted by molar-refractivity contribution is -0.128. The number of fused-ring (bicyclic) bond motifs is 1. The molecule has 0 aliphatic carbocycles. The zero-order chi connectivity index (χ0) is 16.1.